The molecule has 0 aromatic carbocycles. The number of hydrogen-bond acceptors (Lipinski definition) is 3. The van der Waals surface area contributed by atoms with Crippen LogP contribution in [0, 0.1) is 11.8 Å². The summed E-state index contributed by atoms with van der Waals surface area (Å²) in [6, 6.07) is 0. The van der Waals surface area contributed by atoms with Gasteiger partial charge in [-0.05, 0) is 63.4 Å². The van der Waals surface area contributed by atoms with Gasteiger partial charge in [-0.15, -0.1) is 0 Å². The Bertz CT molecular complexity index is 493. The molecule has 3 unspecified atom stereocenters. The van der Waals surface area contributed by atoms with Gasteiger partial charge in [-0.25, -0.2) is 0 Å². The molecule has 0 heterocycles. The second-order valence-electron chi connectivity index (χ2n) is 8.15. The minimum atomic E-state index is 0.0301. The molecule has 0 fully saturated rings. The molecule has 0 aromatic heterocycles. The summed E-state index contributed by atoms with van der Waals surface area (Å²) in [6.45, 7) is 12.7. The Hall–Kier alpha value is -0.800. The maximum absolute atomic E-state index is 11.2. The Kier molecular flexibility index (Phi) is 18.7. The van der Waals surface area contributed by atoms with Crippen molar-refractivity contribution in [2.45, 2.75) is 112 Å². The highest BCUT2D eigenvalue weighted by molar-refractivity contribution is 8.09. The first-order chi connectivity index (χ1) is 14.0. The summed E-state index contributed by atoms with van der Waals surface area (Å²) in [7, 11) is 0. The van der Waals surface area contributed by atoms with Gasteiger partial charge in [-0.2, -0.15) is 0 Å². The van der Waals surface area contributed by atoms with Crippen molar-refractivity contribution < 1.29 is 8.98 Å². The molecule has 0 aromatic rings. The lowest BCUT2D eigenvalue weighted by molar-refractivity contribution is -0.109. The van der Waals surface area contributed by atoms with Gasteiger partial charge in [0.25, 0.3) is 0 Å². The largest absolute Gasteiger partial charge is 0.305 e. The molecular formula is C26H46O2S. The van der Waals surface area contributed by atoms with E-state index in [-0.39, 0.29) is 11.2 Å². The molecule has 0 spiro atoms. The van der Waals surface area contributed by atoms with Crippen LogP contribution in [0.15, 0.2) is 36.0 Å². The van der Waals surface area contributed by atoms with Gasteiger partial charge in [0.05, 0.1) is 18.1 Å². The molecule has 0 saturated carbocycles. The smallest absolute Gasteiger partial charge is 0.212 e. The SMILES string of the molecule is CC=CCC(CCCC(C)CC)C(/C=C\CCC(CCCC)OSC(C)=O)=C\C. The van der Waals surface area contributed by atoms with E-state index in [1.807, 2.05) is 0 Å². The van der Waals surface area contributed by atoms with Crippen LogP contribution in [0.1, 0.15) is 106 Å². The molecular weight excluding hydrogens is 376 g/mol. The Morgan fingerprint density at radius 1 is 1.03 bits per heavy atom. The van der Waals surface area contributed by atoms with Gasteiger partial charge in [0.1, 0.15) is 0 Å². The van der Waals surface area contributed by atoms with Gasteiger partial charge in [0, 0.05) is 6.92 Å². The summed E-state index contributed by atoms with van der Waals surface area (Å²) in [4.78, 5) is 11.2. The van der Waals surface area contributed by atoms with Crippen LogP contribution in [0.4, 0.5) is 0 Å². The van der Waals surface area contributed by atoms with Gasteiger partial charge >= 0.3 is 0 Å². The molecule has 3 heteroatoms. The first-order valence-electron chi connectivity index (χ1n) is 11.8. The number of hydrogen-bond donors (Lipinski definition) is 0. The average Bonchev–Trinajstić information content (AvgIpc) is 2.71. The number of allylic oxidation sites excluding steroid dienone is 6. The summed E-state index contributed by atoms with van der Waals surface area (Å²) in [5.41, 5.74) is 1.45. The molecule has 168 valence electrons. The minimum Gasteiger partial charge on any atom is -0.305 e. The highest BCUT2D eigenvalue weighted by Gasteiger charge is 2.12. The molecule has 0 aliphatic rings. The number of unbranched alkanes of at least 4 members (excludes halogenated alkanes) is 1. The van der Waals surface area contributed by atoms with Gasteiger partial charge in [-0.3, -0.25) is 4.79 Å². The Morgan fingerprint density at radius 2 is 1.79 bits per heavy atom. The van der Waals surface area contributed by atoms with E-state index in [1.54, 1.807) is 6.92 Å². The third kappa shape index (κ3) is 15.7. The van der Waals surface area contributed by atoms with Crippen molar-refractivity contribution in [2.24, 2.45) is 11.8 Å². The molecule has 0 N–H and O–H groups in total. The molecule has 0 aliphatic heterocycles. The standard InChI is InChI=1S/C26H46O2S/c1-7-11-17-25(19-15-16-22(5)9-3)24(10-4)18-13-14-21-26(20-12-8-2)28-29-23(6)27/h7,10-11,13,18,22,25-26H,8-9,12,14-17,19-21H2,1-6H3/b11-7?,18-13-,24-10-. The van der Waals surface area contributed by atoms with E-state index in [0.717, 1.165) is 56.5 Å². The fraction of sp³-hybridized carbons (Fsp3) is 0.731. The normalized spacial score (nSPS) is 15.9. The Balaban J connectivity index is 4.71. The Labute approximate surface area is 185 Å². The van der Waals surface area contributed by atoms with Gasteiger partial charge in [0.15, 0.2) is 0 Å². The van der Waals surface area contributed by atoms with E-state index in [1.165, 1.54) is 31.3 Å². The van der Waals surface area contributed by atoms with Gasteiger partial charge < -0.3 is 4.18 Å². The van der Waals surface area contributed by atoms with Crippen LogP contribution in [-0.4, -0.2) is 11.2 Å². The molecule has 3 atom stereocenters. The zero-order chi connectivity index (χ0) is 21.9. The fourth-order valence-corrected chi connectivity index (χ4v) is 3.88. The monoisotopic (exact) mass is 422 g/mol. The number of carbonyl (C=O) groups excluding carboxylic acids is 1. The van der Waals surface area contributed by atoms with Gasteiger partial charge in [0.2, 0.25) is 5.12 Å². The molecule has 29 heavy (non-hydrogen) atoms. The number of carbonyl (C=O) groups is 1. The summed E-state index contributed by atoms with van der Waals surface area (Å²) < 4.78 is 5.74. The lowest BCUT2D eigenvalue weighted by Crippen LogP contribution is -2.09. The second-order valence-corrected chi connectivity index (χ2v) is 9.08. The molecule has 0 aliphatic carbocycles. The van der Waals surface area contributed by atoms with E-state index < -0.39 is 0 Å². The first-order valence-corrected chi connectivity index (χ1v) is 12.5. The van der Waals surface area contributed by atoms with E-state index in [4.69, 9.17) is 4.18 Å². The van der Waals surface area contributed by atoms with Crippen LogP contribution >= 0.6 is 12.0 Å². The number of rotatable bonds is 17. The van der Waals surface area contributed by atoms with Gasteiger partial charge in [-0.1, -0.05) is 83.3 Å². The molecule has 0 amide bonds. The van der Waals surface area contributed by atoms with Crippen LogP contribution in [-0.2, 0) is 8.98 Å². The molecule has 0 radical (unpaired) electrons. The van der Waals surface area contributed by atoms with E-state index in [9.17, 15) is 4.79 Å². The molecule has 0 bridgehead atoms. The van der Waals surface area contributed by atoms with Crippen molar-refractivity contribution in [3.05, 3.63) is 36.0 Å². The Morgan fingerprint density at radius 3 is 2.38 bits per heavy atom. The average molecular weight is 423 g/mol. The van der Waals surface area contributed by atoms with Crippen LogP contribution in [0.25, 0.3) is 0 Å². The highest BCUT2D eigenvalue weighted by atomic mass is 32.2. The zero-order valence-corrected chi connectivity index (χ0v) is 20.7. The third-order valence-electron chi connectivity index (χ3n) is 5.55. The predicted octanol–water partition coefficient (Wildman–Crippen LogP) is 8.84. The lowest BCUT2D eigenvalue weighted by Gasteiger charge is -2.18. The molecule has 2 nitrogen and oxygen atoms in total. The summed E-state index contributed by atoms with van der Waals surface area (Å²) >= 11 is 1.00. The van der Waals surface area contributed by atoms with Crippen molar-refractivity contribution in [3.8, 4) is 0 Å². The minimum absolute atomic E-state index is 0.0301. The van der Waals surface area contributed by atoms with E-state index in [0.29, 0.717) is 5.92 Å². The maximum Gasteiger partial charge on any atom is 0.212 e. The maximum atomic E-state index is 11.2. The van der Waals surface area contributed by atoms with Crippen molar-refractivity contribution in [1.29, 1.82) is 0 Å². The van der Waals surface area contributed by atoms with E-state index in [2.05, 4.69) is 65.0 Å². The second kappa shape index (κ2) is 19.2. The fourth-order valence-electron chi connectivity index (χ4n) is 3.42. The summed E-state index contributed by atoms with van der Waals surface area (Å²) in [6.07, 6.45) is 23.1. The first kappa shape index (κ1) is 28.2. The van der Waals surface area contributed by atoms with Crippen molar-refractivity contribution in [2.75, 3.05) is 0 Å². The van der Waals surface area contributed by atoms with E-state index >= 15 is 0 Å². The van der Waals surface area contributed by atoms with Crippen molar-refractivity contribution in [3.63, 3.8) is 0 Å². The van der Waals surface area contributed by atoms with Crippen molar-refractivity contribution >= 4 is 17.2 Å². The molecule has 0 rings (SSSR count). The quantitative estimate of drug-likeness (QED) is 0.133. The lowest BCUT2D eigenvalue weighted by atomic mass is 9.87. The van der Waals surface area contributed by atoms with Crippen LogP contribution < -0.4 is 0 Å². The topological polar surface area (TPSA) is 26.3 Å². The van der Waals surface area contributed by atoms with Crippen LogP contribution in [0.5, 0.6) is 0 Å². The van der Waals surface area contributed by atoms with Crippen molar-refractivity contribution in [1.82, 2.24) is 0 Å². The third-order valence-corrected chi connectivity index (χ3v) is 6.16. The summed E-state index contributed by atoms with van der Waals surface area (Å²) in [5, 5.41) is 0.0301. The molecule has 0 saturated heterocycles. The highest BCUT2D eigenvalue weighted by Crippen LogP contribution is 2.26. The zero-order valence-electron chi connectivity index (χ0n) is 19.9. The van der Waals surface area contributed by atoms with Crippen LogP contribution in [0.3, 0.4) is 0 Å². The predicted molar refractivity (Wildman–Crippen MR) is 131 cm³/mol. The van der Waals surface area contributed by atoms with Crippen LogP contribution in [0.2, 0.25) is 0 Å². The summed E-state index contributed by atoms with van der Waals surface area (Å²) in [5.74, 6) is 1.44.